The normalized spacial score (nSPS) is 29.1. The SMILES string of the molecule is COC1(c2noc(C3CCC(C(=O)O)C3)n2)CCC1. The number of rotatable bonds is 4. The minimum atomic E-state index is -0.727. The summed E-state index contributed by atoms with van der Waals surface area (Å²) in [6, 6.07) is 0. The van der Waals surface area contributed by atoms with Crippen LogP contribution in [0.5, 0.6) is 0 Å². The molecule has 2 unspecified atom stereocenters. The predicted octanol–water partition coefficient (Wildman–Crippen LogP) is 2.06. The van der Waals surface area contributed by atoms with E-state index in [0.717, 1.165) is 25.7 Å². The molecule has 2 saturated carbocycles. The molecule has 2 fully saturated rings. The number of nitrogens with zero attached hydrogens (tertiary/aromatic N) is 2. The summed E-state index contributed by atoms with van der Waals surface area (Å²) >= 11 is 0. The van der Waals surface area contributed by atoms with Crippen molar-refractivity contribution in [3.63, 3.8) is 0 Å². The van der Waals surface area contributed by atoms with E-state index in [-0.39, 0.29) is 17.4 Å². The van der Waals surface area contributed by atoms with Gasteiger partial charge in [-0.25, -0.2) is 0 Å². The van der Waals surface area contributed by atoms with Gasteiger partial charge in [0.15, 0.2) is 0 Å². The Morgan fingerprint density at radius 1 is 1.47 bits per heavy atom. The summed E-state index contributed by atoms with van der Waals surface area (Å²) in [5, 5.41) is 13.0. The van der Waals surface area contributed by atoms with Gasteiger partial charge >= 0.3 is 5.97 Å². The average molecular weight is 266 g/mol. The first-order chi connectivity index (χ1) is 9.14. The molecular weight excluding hydrogens is 248 g/mol. The van der Waals surface area contributed by atoms with E-state index < -0.39 is 5.97 Å². The lowest BCUT2D eigenvalue weighted by atomic mass is 9.79. The molecule has 0 amide bonds. The Bertz CT molecular complexity index is 475. The van der Waals surface area contributed by atoms with Crippen LogP contribution in [0.25, 0.3) is 0 Å². The first-order valence-electron chi connectivity index (χ1n) is 6.77. The molecule has 0 aliphatic heterocycles. The molecule has 0 bridgehead atoms. The molecule has 0 aromatic carbocycles. The number of carboxylic acid groups (broad SMARTS) is 1. The Balaban J connectivity index is 1.74. The van der Waals surface area contributed by atoms with Crippen molar-refractivity contribution in [1.29, 1.82) is 0 Å². The Labute approximate surface area is 111 Å². The number of aliphatic carboxylic acids is 1. The molecular formula is C13H18N2O4. The third-order valence-electron chi connectivity index (χ3n) is 4.53. The van der Waals surface area contributed by atoms with Crippen LogP contribution in [0.3, 0.4) is 0 Å². The van der Waals surface area contributed by atoms with Crippen molar-refractivity contribution in [3.8, 4) is 0 Å². The van der Waals surface area contributed by atoms with E-state index in [1.807, 2.05) is 0 Å². The standard InChI is InChI=1S/C13H18N2O4/c1-18-13(5-2-6-13)12-14-10(19-15-12)8-3-4-9(7-8)11(16)17/h8-9H,2-7H2,1H3,(H,16,17). The van der Waals surface area contributed by atoms with E-state index in [2.05, 4.69) is 10.1 Å². The van der Waals surface area contributed by atoms with Gasteiger partial charge in [-0.1, -0.05) is 5.16 Å². The van der Waals surface area contributed by atoms with Gasteiger partial charge in [0.2, 0.25) is 11.7 Å². The third-order valence-corrected chi connectivity index (χ3v) is 4.53. The van der Waals surface area contributed by atoms with Crippen LogP contribution in [0.4, 0.5) is 0 Å². The zero-order chi connectivity index (χ0) is 13.5. The monoisotopic (exact) mass is 266 g/mol. The van der Waals surface area contributed by atoms with Crippen molar-refractivity contribution in [3.05, 3.63) is 11.7 Å². The Hall–Kier alpha value is -1.43. The highest BCUT2D eigenvalue weighted by atomic mass is 16.5. The van der Waals surface area contributed by atoms with Gasteiger partial charge in [0, 0.05) is 13.0 Å². The van der Waals surface area contributed by atoms with Crippen LogP contribution in [-0.4, -0.2) is 28.3 Å². The quantitative estimate of drug-likeness (QED) is 0.897. The second-order valence-electron chi connectivity index (χ2n) is 5.55. The first-order valence-corrected chi connectivity index (χ1v) is 6.77. The zero-order valence-corrected chi connectivity index (χ0v) is 11.0. The lowest BCUT2D eigenvalue weighted by Crippen LogP contribution is -2.37. The molecule has 6 nitrogen and oxygen atoms in total. The van der Waals surface area contributed by atoms with Gasteiger partial charge in [-0.3, -0.25) is 4.79 Å². The molecule has 0 radical (unpaired) electrons. The fraction of sp³-hybridized carbons (Fsp3) is 0.769. The molecule has 1 heterocycles. The number of aromatic nitrogens is 2. The molecule has 3 rings (SSSR count). The van der Waals surface area contributed by atoms with Gasteiger partial charge in [0.05, 0.1) is 5.92 Å². The van der Waals surface area contributed by atoms with Crippen LogP contribution in [-0.2, 0) is 15.1 Å². The van der Waals surface area contributed by atoms with E-state index in [4.69, 9.17) is 14.4 Å². The molecule has 0 saturated heterocycles. The summed E-state index contributed by atoms with van der Waals surface area (Å²) in [7, 11) is 1.67. The van der Waals surface area contributed by atoms with Crippen molar-refractivity contribution >= 4 is 5.97 Å². The molecule has 2 atom stereocenters. The predicted molar refractivity (Wildman–Crippen MR) is 64.6 cm³/mol. The summed E-state index contributed by atoms with van der Waals surface area (Å²) in [5.41, 5.74) is -0.368. The van der Waals surface area contributed by atoms with E-state index >= 15 is 0 Å². The van der Waals surface area contributed by atoms with E-state index in [9.17, 15) is 4.79 Å². The lowest BCUT2D eigenvalue weighted by Gasteiger charge is -2.37. The van der Waals surface area contributed by atoms with Gasteiger partial charge in [-0.15, -0.1) is 0 Å². The maximum Gasteiger partial charge on any atom is 0.306 e. The largest absolute Gasteiger partial charge is 0.481 e. The van der Waals surface area contributed by atoms with Crippen molar-refractivity contribution in [2.45, 2.75) is 50.0 Å². The number of hydrogen-bond donors (Lipinski definition) is 1. The summed E-state index contributed by atoms with van der Waals surface area (Å²) in [4.78, 5) is 15.4. The van der Waals surface area contributed by atoms with E-state index in [0.29, 0.717) is 24.6 Å². The highest BCUT2D eigenvalue weighted by Crippen LogP contribution is 2.44. The van der Waals surface area contributed by atoms with Crippen molar-refractivity contribution < 1.29 is 19.2 Å². The number of carboxylic acids is 1. The van der Waals surface area contributed by atoms with Crippen molar-refractivity contribution in [1.82, 2.24) is 10.1 Å². The maximum atomic E-state index is 11.0. The van der Waals surface area contributed by atoms with E-state index in [1.165, 1.54) is 0 Å². The number of carbonyl (C=O) groups is 1. The van der Waals surface area contributed by atoms with Crippen LogP contribution >= 0.6 is 0 Å². The third kappa shape index (κ3) is 2.04. The van der Waals surface area contributed by atoms with Crippen molar-refractivity contribution in [2.75, 3.05) is 7.11 Å². The lowest BCUT2D eigenvalue weighted by molar-refractivity contribution is -0.141. The molecule has 2 aliphatic carbocycles. The molecule has 1 N–H and O–H groups in total. The minimum absolute atomic E-state index is 0.0799. The fourth-order valence-corrected chi connectivity index (χ4v) is 3.03. The molecule has 104 valence electrons. The van der Waals surface area contributed by atoms with E-state index in [1.54, 1.807) is 7.11 Å². The summed E-state index contributed by atoms with van der Waals surface area (Å²) in [5.74, 6) is 0.267. The Morgan fingerprint density at radius 2 is 2.26 bits per heavy atom. The van der Waals surface area contributed by atoms with Crippen LogP contribution in [0, 0.1) is 5.92 Å². The average Bonchev–Trinajstić information content (AvgIpc) is 2.96. The molecule has 19 heavy (non-hydrogen) atoms. The molecule has 1 aromatic rings. The maximum absolute atomic E-state index is 11.0. The van der Waals surface area contributed by atoms with Gasteiger partial charge in [-0.2, -0.15) is 4.98 Å². The molecule has 1 aromatic heterocycles. The molecule has 0 spiro atoms. The van der Waals surface area contributed by atoms with Crippen molar-refractivity contribution in [2.24, 2.45) is 5.92 Å². The summed E-state index contributed by atoms with van der Waals surface area (Å²) in [6.45, 7) is 0. The summed E-state index contributed by atoms with van der Waals surface area (Å²) < 4.78 is 10.8. The smallest absolute Gasteiger partial charge is 0.306 e. The van der Waals surface area contributed by atoms with Crippen LogP contribution < -0.4 is 0 Å². The van der Waals surface area contributed by atoms with Gasteiger partial charge in [0.1, 0.15) is 5.60 Å². The topological polar surface area (TPSA) is 85.5 Å². The van der Waals surface area contributed by atoms with Crippen LogP contribution in [0.15, 0.2) is 4.52 Å². The van der Waals surface area contributed by atoms with Crippen LogP contribution in [0.2, 0.25) is 0 Å². The molecule has 6 heteroatoms. The number of methoxy groups -OCH3 is 1. The van der Waals surface area contributed by atoms with Gasteiger partial charge in [-0.05, 0) is 38.5 Å². The highest BCUT2D eigenvalue weighted by Gasteiger charge is 2.44. The minimum Gasteiger partial charge on any atom is -0.481 e. The Morgan fingerprint density at radius 3 is 2.79 bits per heavy atom. The highest BCUT2D eigenvalue weighted by molar-refractivity contribution is 5.70. The summed E-state index contributed by atoms with van der Waals surface area (Å²) in [6.07, 6.45) is 5.04. The first kappa shape index (κ1) is 12.6. The van der Waals surface area contributed by atoms with Gasteiger partial charge < -0.3 is 14.4 Å². The second-order valence-corrected chi connectivity index (χ2v) is 5.55. The van der Waals surface area contributed by atoms with Crippen LogP contribution in [0.1, 0.15) is 56.2 Å². The molecule has 2 aliphatic rings. The fourth-order valence-electron chi connectivity index (χ4n) is 3.03. The second kappa shape index (κ2) is 4.59. The number of hydrogen-bond acceptors (Lipinski definition) is 5. The zero-order valence-electron chi connectivity index (χ0n) is 11.0. The number of ether oxygens (including phenoxy) is 1. The Kier molecular flexibility index (Phi) is 3.05. The van der Waals surface area contributed by atoms with Gasteiger partial charge in [0.25, 0.3) is 0 Å².